The number of aryl methyl sites for hydroxylation is 1. The van der Waals surface area contributed by atoms with Gasteiger partial charge in [0.15, 0.2) is 0 Å². The van der Waals surface area contributed by atoms with Crippen LogP contribution in [0.1, 0.15) is 49.7 Å². The number of aromatic nitrogens is 1. The Balaban J connectivity index is 1.53. The van der Waals surface area contributed by atoms with Gasteiger partial charge in [-0.1, -0.05) is 19.3 Å². The predicted octanol–water partition coefficient (Wildman–Crippen LogP) is 3.24. The Labute approximate surface area is 133 Å². The molecule has 0 bridgehead atoms. The first kappa shape index (κ1) is 15.4. The van der Waals surface area contributed by atoms with Crippen LogP contribution in [-0.2, 0) is 6.42 Å². The molecular weight excluding hydrogens is 278 g/mol. The van der Waals surface area contributed by atoms with Gasteiger partial charge in [0.25, 0.3) is 0 Å². The predicted molar refractivity (Wildman–Crippen MR) is 90.0 cm³/mol. The molecule has 3 nitrogen and oxygen atoms in total. The van der Waals surface area contributed by atoms with Crippen LogP contribution >= 0.6 is 11.3 Å². The van der Waals surface area contributed by atoms with Gasteiger partial charge in [0.2, 0.25) is 0 Å². The fourth-order valence-corrected chi connectivity index (χ4v) is 4.54. The van der Waals surface area contributed by atoms with E-state index in [1.54, 1.807) is 11.3 Å². The molecule has 2 fully saturated rings. The fourth-order valence-electron chi connectivity index (χ4n) is 3.89. The van der Waals surface area contributed by atoms with E-state index in [0.717, 1.165) is 31.5 Å². The number of hydrogen-bond donors (Lipinski definition) is 1. The van der Waals surface area contributed by atoms with Gasteiger partial charge in [-0.25, -0.2) is 4.98 Å². The van der Waals surface area contributed by atoms with Crippen LogP contribution in [0.4, 0.5) is 0 Å². The van der Waals surface area contributed by atoms with Crippen molar-refractivity contribution in [3.8, 4) is 0 Å². The zero-order valence-electron chi connectivity index (χ0n) is 13.5. The molecule has 1 aliphatic heterocycles. The Hall–Kier alpha value is -0.450. The summed E-state index contributed by atoms with van der Waals surface area (Å²) in [5, 5.41) is 7.23. The maximum atomic E-state index is 4.61. The first-order valence-electron chi connectivity index (χ1n) is 8.61. The molecular formula is C17H29N3S. The van der Waals surface area contributed by atoms with Crippen LogP contribution in [0, 0.1) is 12.8 Å². The topological polar surface area (TPSA) is 28.2 Å². The molecule has 3 rings (SSSR count). The summed E-state index contributed by atoms with van der Waals surface area (Å²) in [4.78, 5) is 7.29. The Kier molecular flexibility index (Phi) is 5.30. The third-order valence-electron chi connectivity index (χ3n) is 5.27. The van der Waals surface area contributed by atoms with Crippen LogP contribution in [0.2, 0.25) is 0 Å². The number of hydrogen-bond acceptors (Lipinski definition) is 4. The molecule has 2 atom stereocenters. The van der Waals surface area contributed by atoms with Crippen molar-refractivity contribution >= 4 is 11.3 Å². The summed E-state index contributed by atoms with van der Waals surface area (Å²) in [6.45, 7) is 8.00. The van der Waals surface area contributed by atoms with Gasteiger partial charge in [-0.2, -0.15) is 0 Å². The van der Waals surface area contributed by atoms with Crippen molar-refractivity contribution in [1.82, 2.24) is 15.2 Å². The molecule has 1 aromatic rings. The summed E-state index contributed by atoms with van der Waals surface area (Å²) in [6, 6.07) is 1.38. The molecule has 0 amide bonds. The highest BCUT2D eigenvalue weighted by Crippen LogP contribution is 2.28. The van der Waals surface area contributed by atoms with Gasteiger partial charge in [0, 0.05) is 43.5 Å². The summed E-state index contributed by atoms with van der Waals surface area (Å²) in [5.41, 5.74) is 1.28. The number of piperazine rings is 1. The zero-order chi connectivity index (χ0) is 14.7. The first-order valence-corrected chi connectivity index (χ1v) is 9.49. The highest BCUT2D eigenvalue weighted by molar-refractivity contribution is 7.09. The lowest BCUT2D eigenvalue weighted by Gasteiger charge is -2.42. The molecule has 4 heteroatoms. The van der Waals surface area contributed by atoms with Gasteiger partial charge in [0.05, 0.1) is 10.7 Å². The average molecular weight is 308 g/mol. The lowest BCUT2D eigenvalue weighted by atomic mass is 9.82. The summed E-state index contributed by atoms with van der Waals surface area (Å²) < 4.78 is 0. The van der Waals surface area contributed by atoms with E-state index in [9.17, 15) is 0 Å². The third kappa shape index (κ3) is 4.05. The van der Waals surface area contributed by atoms with Crippen LogP contribution in [0.5, 0.6) is 0 Å². The third-order valence-corrected chi connectivity index (χ3v) is 6.09. The second-order valence-corrected chi connectivity index (χ2v) is 7.93. The normalized spacial score (nSPS) is 28.9. The number of rotatable bonds is 4. The molecule has 0 spiro atoms. The highest BCUT2D eigenvalue weighted by atomic mass is 32.1. The molecule has 1 saturated carbocycles. The van der Waals surface area contributed by atoms with Gasteiger partial charge < -0.3 is 5.32 Å². The van der Waals surface area contributed by atoms with Gasteiger partial charge in [0.1, 0.15) is 0 Å². The monoisotopic (exact) mass is 307 g/mol. The van der Waals surface area contributed by atoms with Crippen LogP contribution in [0.3, 0.4) is 0 Å². The Bertz CT molecular complexity index is 439. The van der Waals surface area contributed by atoms with Crippen molar-refractivity contribution in [3.63, 3.8) is 0 Å². The molecule has 0 aromatic carbocycles. The fraction of sp³-hybridized carbons (Fsp3) is 0.824. The maximum absolute atomic E-state index is 4.61. The smallest absolute Gasteiger partial charge is 0.0897 e. The van der Waals surface area contributed by atoms with E-state index in [2.05, 4.69) is 34.4 Å². The quantitative estimate of drug-likeness (QED) is 0.925. The van der Waals surface area contributed by atoms with E-state index >= 15 is 0 Å². The molecule has 21 heavy (non-hydrogen) atoms. The first-order chi connectivity index (χ1) is 10.2. The van der Waals surface area contributed by atoms with Crippen LogP contribution < -0.4 is 5.32 Å². The Morgan fingerprint density at radius 3 is 2.86 bits per heavy atom. The maximum Gasteiger partial charge on any atom is 0.0897 e. The van der Waals surface area contributed by atoms with E-state index < -0.39 is 0 Å². The standard InChI is InChI=1S/C17H29N3S/c1-13-10-18-17(15-6-4-3-5-7-15)11-20(13)9-8-16-12-21-14(2)19-16/h12-13,15,17-18H,3-11H2,1-2H3. The SMILES string of the molecule is Cc1nc(CCN2CC(C3CCCCC3)NCC2C)cs1. The molecule has 1 saturated heterocycles. The molecule has 1 N–H and O–H groups in total. The largest absolute Gasteiger partial charge is 0.311 e. The minimum absolute atomic E-state index is 0.657. The van der Waals surface area contributed by atoms with Crippen molar-refractivity contribution in [1.29, 1.82) is 0 Å². The summed E-state index contributed by atoms with van der Waals surface area (Å²) in [5.74, 6) is 0.912. The number of nitrogens with one attached hydrogen (secondary N) is 1. The zero-order valence-corrected chi connectivity index (χ0v) is 14.3. The van der Waals surface area contributed by atoms with E-state index in [1.807, 2.05) is 0 Å². The van der Waals surface area contributed by atoms with Gasteiger partial charge >= 0.3 is 0 Å². The van der Waals surface area contributed by atoms with E-state index in [4.69, 9.17) is 0 Å². The summed E-state index contributed by atoms with van der Waals surface area (Å²) >= 11 is 1.77. The van der Waals surface area contributed by atoms with Crippen molar-refractivity contribution < 1.29 is 0 Å². The van der Waals surface area contributed by atoms with Gasteiger partial charge in [-0.15, -0.1) is 11.3 Å². The summed E-state index contributed by atoms with van der Waals surface area (Å²) in [7, 11) is 0. The van der Waals surface area contributed by atoms with Crippen molar-refractivity contribution in [2.45, 2.75) is 64.5 Å². The molecule has 0 radical (unpaired) electrons. The Morgan fingerprint density at radius 1 is 1.33 bits per heavy atom. The lowest BCUT2D eigenvalue weighted by Crippen LogP contribution is -2.58. The lowest BCUT2D eigenvalue weighted by molar-refractivity contribution is 0.105. The second kappa shape index (κ2) is 7.21. The van der Waals surface area contributed by atoms with Crippen molar-refractivity contribution in [2.24, 2.45) is 5.92 Å². The van der Waals surface area contributed by atoms with Crippen LogP contribution in [0.15, 0.2) is 5.38 Å². The van der Waals surface area contributed by atoms with E-state index in [0.29, 0.717) is 6.04 Å². The minimum atomic E-state index is 0.657. The molecule has 2 aliphatic rings. The van der Waals surface area contributed by atoms with Crippen molar-refractivity contribution in [3.05, 3.63) is 16.1 Å². The van der Waals surface area contributed by atoms with Gasteiger partial charge in [-0.05, 0) is 32.6 Å². The average Bonchev–Trinajstić information content (AvgIpc) is 2.93. The highest BCUT2D eigenvalue weighted by Gasteiger charge is 2.30. The van der Waals surface area contributed by atoms with E-state index in [1.165, 1.54) is 49.4 Å². The van der Waals surface area contributed by atoms with Gasteiger partial charge in [-0.3, -0.25) is 4.90 Å². The molecule has 1 aromatic heterocycles. The number of nitrogens with zero attached hydrogens (tertiary/aromatic N) is 2. The molecule has 1 aliphatic carbocycles. The summed E-state index contributed by atoms with van der Waals surface area (Å²) in [6.07, 6.45) is 8.31. The van der Waals surface area contributed by atoms with Crippen molar-refractivity contribution in [2.75, 3.05) is 19.6 Å². The molecule has 2 heterocycles. The minimum Gasteiger partial charge on any atom is -0.311 e. The number of thiazole rings is 1. The van der Waals surface area contributed by atoms with E-state index in [-0.39, 0.29) is 0 Å². The van der Waals surface area contributed by atoms with Crippen LogP contribution in [0.25, 0.3) is 0 Å². The molecule has 118 valence electrons. The second-order valence-electron chi connectivity index (χ2n) is 6.86. The Morgan fingerprint density at radius 2 is 2.14 bits per heavy atom. The van der Waals surface area contributed by atoms with Crippen LogP contribution in [-0.4, -0.2) is 41.6 Å². The molecule has 2 unspecified atom stereocenters.